The van der Waals surface area contributed by atoms with Crippen molar-refractivity contribution in [1.82, 2.24) is 5.16 Å². The lowest BCUT2D eigenvalue weighted by Gasteiger charge is -2.04. The van der Waals surface area contributed by atoms with E-state index in [0.29, 0.717) is 11.3 Å². The predicted molar refractivity (Wildman–Crippen MR) is 57.3 cm³/mol. The number of phenols is 1. The largest absolute Gasteiger partial charge is 0.508 e. The van der Waals surface area contributed by atoms with E-state index >= 15 is 0 Å². The van der Waals surface area contributed by atoms with Gasteiger partial charge in [0.25, 0.3) is 5.91 Å². The molecule has 0 fully saturated rings. The van der Waals surface area contributed by atoms with Crippen molar-refractivity contribution in [2.45, 2.75) is 6.92 Å². The highest BCUT2D eigenvalue weighted by Crippen LogP contribution is 2.20. The van der Waals surface area contributed by atoms with Crippen molar-refractivity contribution in [3.8, 4) is 5.75 Å². The van der Waals surface area contributed by atoms with E-state index < -0.39 is 0 Å². The fourth-order valence-electron chi connectivity index (χ4n) is 1.26. The Bertz CT molecular complexity index is 506. The van der Waals surface area contributed by atoms with Crippen molar-refractivity contribution in [3.05, 3.63) is 41.8 Å². The fourth-order valence-corrected chi connectivity index (χ4v) is 1.26. The van der Waals surface area contributed by atoms with E-state index in [9.17, 15) is 9.90 Å². The standard InChI is InChI=1S/C11H10N2O3/c1-7-6-8(2-3-10(7)14)12-11(15)9-4-5-16-13-9/h2-6,14H,1H3,(H,12,15). The molecule has 5 nitrogen and oxygen atoms in total. The van der Waals surface area contributed by atoms with E-state index in [2.05, 4.69) is 15.0 Å². The highest BCUT2D eigenvalue weighted by molar-refractivity contribution is 6.02. The summed E-state index contributed by atoms with van der Waals surface area (Å²) in [6, 6.07) is 6.28. The summed E-state index contributed by atoms with van der Waals surface area (Å²) in [6.07, 6.45) is 1.33. The van der Waals surface area contributed by atoms with Crippen LogP contribution in [0.5, 0.6) is 5.75 Å². The van der Waals surface area contributed by atoms with Gasteiger partial charge in [-0.1, -0.05) is 5.16 Å². The van der Waals surface area contributed by atoms with Crippen LogP contribution in [0.15, 0.2) is 35.1 Å². The molecule has 82 valence electrons. The van der Waals surface area contributed by atoms with Gasteiger partial charge in [0.1, 0.15) is 12.0 Å². The van der Waals surface area contributed by atoms with Crippen LogP contribution in [0.3, 0.4) is 0 Å². The van der Waals surface area contributed by atoms with Crippen molar-refractivity contribution in [2.24, 2.45) is 0 Å². The summed E-state index contributed by atoms with van der Waals surface area (Å²) in [7, 11) is 0. The second-order valence-electron chi connectivity index (χ2n) is 3.34. The Kier molecular flexibility index (Phi) is 2.59. The van der Waals surface area contributed by atoms with Gasteiger partial charge in [-0.25, -0.2) is 0 Å². The van der Waals surface area contributed by atoms with Crippen LogP contribution >= 0.6 is 0 Å². The van der Waals surface area contributed by atoms with Crippen LogP contribution in [0.1, 0.15) is 16.1 Å². The van der Waals surface area contributed by atoms with E-state index in [4.69, 9.17) is 0 Å². The van der Waals surface area contributed by atoms with Crippen LogP contribution in [-0.2, 0) is 0 Å². The minimum absolute atomic E-state index is 0.194. The average molecular weight is 218 g/mol. The number of carbonyl (C=O) groups excluding carboxylic acids is 1. The summed E-state index contributed by atoms with van der Waals surface area (Å²) in [4.78, 5) is 11.6. The van der Waals surface area contributed by atoms with Gasteiger partial charge >= 0.3 is 0 Å². The number of nitrogens with one attached hydrogen (secondary N) is 1. The Morgan fingerprint density at radius 1 is 1.44 bits per heavy atom. The van der Waals surface area contributed by atoms with Gasteiger partial charge in [0, 0.05) is 11.8 Å². The lowest BCUT2D eigenvalue weighted by atomic mass is 10.2. The molecule has 0 aliphatic carbocycles. The van der Waals surface area contributed by atoms with Gasteiger partial charge in [0.2, 0.25) is 0 Å². The van der Waals surface area contributed by atoms with E-state index in [1.54, 1.807) is 19.1 Å². The molecule has 5 heteroatoms. The number of carbonyl (C=O) groups is 1. The first kappa shape index (κ1) is 10.2. The Hall–Kier alpha value is -2.30. The number of amides is 1. The normalized spacial score (nSPS) is 10.1. The Labute approximate surface area is 91.7 Å². The quantitative estimate of drug-likeness (QED) is 0.755. The minimum Gasteiger partial charge on any atom is -0.508 e. The van der Waals surface area contributed by atoms with E-state index in [1.165, 1.54) is 18.4 Å². The molecule has 1 aromatic heterocycles. The molecule has 0 bridgehead atoms. The zero-order chi connectivity index (χ0) is 11.5. The molecule has 0 unspecified atom stereocenters. The summed E-state index contributed by atoms with van der Waals surface area (Å²) in [6.45, 7) is 1.75. The summed E-state index contributed by atoms with van der Waals surface area (Å²) in [5.74, 6) is -0.154. The number of rotatable bonds is 2. The molecule has 0 saturated heterocycles. The van der Waals surface area contributed by atoms with Crippen LogP contribution in [0.4, 0.5) is 5.69 Å². The van der Waals surface area contributed by atoms with Crippen molar-refractivity contribution < 1.29 is 14.4 Å². The topological polar surface area (TPSA) is 75.4 Å². The van der Waals surface area contributed by atoms with Crippen molar-refractivity contribution in [1.29, 1.82) is 0 Å². The first-order chi connectivity index (χ1) is 7.66. The summed E-state index contributed by atoms with van der Waals surface area (Å²) in [5, 5.41) is 15.5. The molecule has 1 amide bonds. The van der Waals surface area contributed by atoms with Gasteiger partial charge in [0.05, 0.1) is 0 Å². The first-order valence-electron chi connectivity index (χ1n) is 4.68. The van der Waals surface area contributed by atoms with Crippen LogP contribution in [0.25, 0.3) is 0 Å². The summed E-state index contributed by atoms with van der Waals surface area (Å²) >= 11 is 0. The number of hydrogen-bond acceptors (Lipinski definition) is 4. The van der Waals surface area contributed by atoms with Crippen LogP contribution in [0, 0.1) is 6.92 Å². The van der Waals surface area contributed by atoms with Crippen LogP contribution < -0.4 is 5.32 Å². The maximum absolute atomic E-state index is 11.6. The molecule has 2 aromatic rings. The zero-order valence-corrected chi connectivity index (χ0v) is 8.60. The van der Waals surface area contributed by atoms with Gasteiger partial charge in [-0.05, 0) is 30.7 Å². The smallest absolute Gasteiger partial charge is 0.277 e. The van der Waals surface area contributed by atoms with Gasteiger partial charge < -0.3 is 14.9 Å². The number of benzene rings is 1. The molecule has 0 atom stereocenters. The molecule has 0 aliphatic heterocycles. The fraction of sp³-hybridized carbons (Fsp3) is 0.0909. The Balaban J connectivity index is 2.15. The zero-order valence-electron chi connectivity index (χ0n) is 8.60. The van der Waals surface area contributed by atoms with E-state index in [-0.39, 0.29) is 17.4 Å². The third-order valence-corrected chi connectivity index (χ3v) is 2.13. The average Bonchev–Trinajstić information content (AvgIpc) is 2.77. The van der Waals surface area contributed by atoms with Crippen molar-refractivity contribution >= 4 is 11.6 Å². The third-order valence-electron chi connectivity index (χ3n) is 2.13. The number of anilines is 1. The predicted octanol–water partition coefficient (Wildman–Crippen LogP) is 1.94. The van der Waals surface area contributed by atoms with Crippen molar-refractivity contribution in [2.75, 3.05) is 5.32 Å². The monoisotopic (exact) mass is 218 g/mol. The summed E-state index contributed by atoms with van der Waals surface area (Å²) in [5.41, 5.74) is 1.51. The maximum atomic E-state index is 11.6. The number of aromatic nitrogens is 1. The maximum Gasteiger partial charge on any atom is 0.277 e. The SMILES string of the molecule is Cc1cc(NC(=O)c2ccon2)ccc1O. The molecular weight excluding hydrogens is 208 g/mol. The lowest BCUT2D eigenvalue weighted by Crippen LogP contribution is -2.12. The highest BCUT2D eigenvalue weighted by Gasteiger charge is 2.09. The molecule has 0 aliphatic rings. The second-order valence-corrected chi connectivity index (χ2v) is 3.34. The summed E-state index contributed by atoms with van der Waals surface area (Å²) < 4.78 is 4.57. The second kappa shape index (κ2) is 4.06. The third kappa shape index (κ3) is 2.03. The van der Waals surface area contributed by atoms with Gasteiger partial charge in [-0.3, -0.25) is 4.79 Å². The Morgan fingerprint density at radius 3 is 2.88 bits per heavy atom. The van der Waals surface area contributed by atoms with Gasteiger partial charge in [0.15, 0.2) is 5.69 Å². The number of nitrogens with zero attached hydrogens (tertiary/aromatic N) is 1. The number of aromatic hydroxyl groups is 1. The number of aryl methyl sites for hydroxylation is 1. The first-order valence-corrected chi connectivity index (χ1v) is 4.68. The molecular formula is C11H10N2O3. The van der Waals surface area contributed by atoms with Gasteiger partial charge in [-0.15, -0.1) is 0 Å². The molecule has 16 heavy (non-hydrogen) atoms. The van der Waals surface area contributed by atoms with Crippen LogP contribution in [-0.4, -0.2) is 16.2 Å². The Morgan fingerprint density at radius 2 is 2.25 bits per heavy atom. The van der Waals surface area contributed by atoms with E-state index in [0.717, 1.165) is 0 Å². The molecule has 2 rings (SSSR count). The number of hydrogen-bond donors (Lipinski definition) is 2. The van der Waals surface area contributed by atoms with Crippen LogP contribution in [0.2, 0.25) is 0 Å². The molecule has 1 heterocycles. The van der Waals surface area contributed by atoms with Gasteiger partial charge in [-0.2, -0.15) is 0 Å². The molecule has 0 saturated carbocycles. The highest BCUT2D eigenvalue weighted by atomic mass is 16.5. The molecule has 1 aromatic carbocycles. The minimum atomic E-state index is -0.348. The molecule has 2 N–H and O–H groups in total. The molecule has 0 spiro atoms. The number of phenolic OH excluding ortho intramolecular Hbond substituents is 1. The van der Waals surface area contributed by atoms with E-state index in [1.807, 2.05) is 0 Å². The lowest BCUT2D eigenvalue weighted by molar-refractivity contribution is 0.101. The molecule has 0 radical (unpaired) electrons. The van der Waals surface area contributed by atoms with Crippen molar-refractivity contribution in [3.63, 3.8) is 0 Å².